The number of benzene rings is 2. The molecule has 0 unspecified atom stereocenters. The molecule has 11 heteroatoms. The first-order valence-corrected chi connectivity index (χ1v) is 13.1. The fraction of sp³-hybridized carbons (Fsp3) is 0.429. The molecule has 1 amide bonds. The minimum Gasteiger partial charge on any atom is -0.495 e. The molecule has 1 aliphatic rings. The van der Waals surface area contributed by atoms with Gasteiger partial charge in [0.25, 0.3) is 0 Å². The number of fused-ring (bicyclic) bond motifs is 1. The van der Waals surface area contributed by atoms with Crippen LogP contribution in [0.3, 0.4) is 0 Å². The highest BCUT2D eigenvalue weighted by atomic mass is 35.5. The summed E-state index contributed by atoms with van der Waals surface area (Å²) in [6.45, 7) is 5.69. The minimum atomic E-state index is -0.716. The summed E-state index contributed by atoms with van der Waals surface area (Å²) < 4.78 is 21.2. The van der Waals surface area contributed by atoms with E-state index in [0.29, 0.717) is 52.3 Å². The first-order valence-electron chi connectivity index (χ1n) is 12.4. The van der Waals surface area contributed by atoms with E-state index < -0.39 is 23.7 Å². The van der Waals surface area contributed by atoms with Crippen LogP contribution in [0.2, 0.25) is 10.0 Å². The lowest BCUT2D eigenvalue weighted by Crippen LogP contribution is -2.43. The Morgan fingerprint density at radius 2 is 1.72 bits per heavy atom. The Balaban J connectivity index is 1.58. The molecule has 0 bridgehead atoms. The monoisotopic (exact) mass is 575 g/mol. The van der Waals surface area contributed by atoms with Gasteiger partial charge in [-0.1, -0.05) is 29.3 Å². The standard InChI is InChI=1S/C28H31Cl2N3O6/c1-28(2,3)39-27(35)33-14-15(9-19(33)26(34)38-6)10-22-31-13-17-11-16(7-8-18(17)32-22)23-24(29)20(36-4)12-21(37-5)25(23)30/h7-8,11-13,15,19H,9-10,14H2,1-6H3/t15-,19+/m1/s1. The predicted octanol–water partition coefficient (Wildman–Crippen LogP) is 5.96. The van der Waals surface area contributed by atoms with E-state index in [0.717, 1.165) is 16.5 Å². The number of carbonyl (C=O) groups is 2. The molecule has 2 atom stereocenters. The zero-order chi connectivity index (χ0) is 28.5. The Labute approximate surface area is 237 Å². The molecule has 4 rings (SSSR count). The smallest absolute Gasteiger partial charge is 0.411 e. The van der Waals surface area contributed by atoms with Gasteiger partial charge in [-0.05, 0) is 50.8 Å². The average Bonchev–Trinajstić information content (AvgIpc) is 3.31. The van der Waals surface area contributed by atoms with Crippen molar-refractivity contribution < 1.29 is 28.5 Å². The number of nitrogens with zero attached hydrogens (tertiary/aromatic N) is 3. The van der Waals surface area contributed by atoms with Crippen molar-refractivity contribution in [1.82, 2.24) is 14.9 Å². The summed E-state index contributed by atoms with van der Waals surface area (Å²) >= 11 is 13.2. The highest BCUT2D eigenvalue weighted by Gasteiger charge is 2.42. The van der Waals surface area contributed by atoms with Crippen LogP contribution >= 0.6 is 23.2 Å². The van der Waals surface area contributed by atoms with Crippen LogP contribution in [0.25, 0.3) is 22.0 Å². The lowest BCUT2D eigenvalue weighted by molar-refractivity contribution is -0.145. The number of carbonyl (C=O) groups excluding carboxylic acids is 2. The number of hydrogen-bond acceptors (Lipinski definition) is 8. The largest absolute Gasteiger partial charge is 0.495 e. The lowest BCUT2D eigenvalue weighted by Gasteiger charge is -2.27. The van der Waals surface area contributed by atoms with Gasteiger partial charge in [-0.3, -0.25) is 4.90 Å². The predicted molar refractivity (Wildman–Crippen MR) is 149 cm³/mol. The van der Waals surface area contributed by atoms with Crippen LogP contribution in [-0.2, 0) is 20.7 Å². The van der Waals surface area contributed by atoms with Crippen molar-refractivity contribution in [3.05, 3.63) is 46.3 Å². The van der Waals surface area contributed by atoms with Crippen molar-refractivity contribution in [2.45, 2.75) is 45.3 Å². The molecule has 2 aromatic carbocycles. The molecule has 0 saturated carbocycles. The highest BCUT2D eigenvalue weighted by molar-refractivity contribution is 6.41. The van der Waals surface area contributed by atoms with Crippen LogP contribution in [0, 0.1) is 5.92 Å². The molecule has 0 spiro atoms. The third-order valence-corrected chi connectivity index (χ3v) is 7.20. The van der Waals surface area contributed by atoms with Crippen LogP contribution < -0.4 is 9.47 Å². The van der Waals surface area contributed by atoms with E-state index in [1.165, 1.54) is 26.2 Å². The van der Waals surface area contributed by atoms with Crippen molar-refractivity contribution in [3.63, 3.8) is 0 Å². The second-order valence-corrected chi connectivity index (χ2v) is 11.1. The third-order valence-electron chi connectivity index (χ3n) is 6.45. The summed E-state index contributed by atoms with van der Waals surface area (Å²) in [5.41, 5.74) is 1.40. The summed E-state index contributed by atoms with van der Waals surface area (Å²) in [6.07, 6.45) is 2.10. The number of likely N-dealkylation sites (tertiary alicyclic amines) is 1. The van der Waals surface area contributed by atoms with Gasteiger partial charge in [0.2, 0.25) is 0 Å². The molecule has 2 heterocycles. The molecule has 9 nitrogen and oxygen atoms in total. The Hall–Kier alpha value is -3.30. The number of amides is 1. The van der Waals surface area contributed by atoms with Gasteiger partial charge in [0.05, 0.1) is 36.9 Å². The Kier molecular flexibility index (Phi) is 8.42. The van der Waals surface area contributed by atoms with Crippen LogP contribution in [0.1, 0.15) is 33.0 Å². The molecule has 1 fully saturated rings. The maximum atomic E-state index is 12.8. The van der Waals surface area contributed by atoms with Crippen LogP contribution in [0.15, 0.2) is 30.5 Å². The van der Waals surface area contributed by atoms with Gasteiger partial charge in [-0.2, -0.15) is 0 Å². The van der Waals surface area contributed by atoms with E-state index >= 15 is 0 Å². The highest BCUT2D eigenvalue weighted by Crippen LogP contribution is 2.46. The van der Waals surface area contributed by atoms with Crippen molar-refractivity contribution in [2.24, 2.45) is 5.92 Å². The van der Waals surface area contributed by atoms with Crippen molar-refractivity contribution in [2.75, 3.05) is 27.9 Å². The van der Waals surface area contributed by atoms with E-state index in [2.05, 4.69) is 4.98 Å². The van der Waals surface area contributed by atoms with E-state index in [-0.39, 0.29) is 5.92 Å². The summed E-state index contributed by atoms with van der Waals surface area (Å²) in [6, 6.07) is 6.57. The van der Waals surface area contributed by atoms with Crippen LogP contribution in [0.5, 0.6) is 11.5 Å². The number of ether oxygens (including phenoxy) is 4. The Bertz CT molecular complexity index is 1380. The number of hydrogen-bond donors (Lipinski definition) is 0. The number of methoxy groups -OCH3 is 3. The van der Waals surface area contributed by atoms with Gasteiger partial charge in [-0.15, -0.1) is 0 Å². The Morgan fingerprint density at radius 3 is 2.31 bits per heavy atom. The van der Waals surface area contributed by atoms with E-state index in [1.807, 2.05) is 18.2 Å². The Morgan fingerprint density at radius 1 is 1.05 bits per heavy atom. The molecule has 39 heavy (non-hydrogen) atoms. The zero-order valence-corrected chi connectivity index (χ0v) is 24.2. The number of aromatic nitrogens is 2. The van der Waals surface area contributed by atoms with Gasteiger partial charge in [0, 0.05) is 36.2 Å². The molecule has 0 radical (unpaired) electrons. The van der Waals surface area contributed by atoms with Gasteiger partial charge in [0.1, 0.15) is 29.0 Å². The van der Waals surface area contributed by atoms with Crippen molar-refractivity contribution >= 4 is 46.2 Å². The maximum absolute atomic E-state index is 12.8. The van der Waals surface area contributed by atoms with Crippen molar-refractivity contribution in [3.8, 4) is 22.6 Å². The van der Waals surface area contributed by atoms with E-state index in [1.54, 1.807) is 33.0 Å². The molecule has 0 aliphatic carbocycles. The molecular weight excluding hydrogens is 545 g/mol. The molecule has 1 aromatic heterocycles. The van der Waals surface area contributed by atoms with Crippen LogP contribution in [0.4, 0.5) is 4.79 Å². The van der Waals surface area contributed by atoms with Crippen molar-refractivity contribution in [1.29, 1.82) is 0 Å². The quantitative estimate of drug-likeness (QED) is 0.332. The number of esters is 1. The van der Waals surface area contributed by atoms with Gasteiger partial charge in [0.15, 0.2) is 0 Å². The van der Waals surface area contributed by atoms with Gasteiger partial charge in [-0.25, -0.2) is 19.6 Å². The summed E-state index contributed by atoms with van der Waals surface area (Å²) in [4.78, 5) is 35.9. The summed E-state index contributed by atoms with van der Waals surface area (Å²) in [7, 11) is 4.36. The molecular formula is C28H31Cl2N3O6. The first kappa shape index (κ1) is 28.7. The van der Waals surface area contributed by atoms with E-state index in [9.17, 15) is 9.59 Å². The minimum absolute atomic E-state index is 0.0415. The second kappa shape index (κ2) is 11.4. The molecule has 1 aliphatic heterocycles. The summed E-state index contributed by atoms with van der Waals surface area (Å²) in [5, 5.41) is 1.53. The molecule has 3 aromatic rings. The third kappa shape index (κ3) is 6.15. The number of halogens is 2. The average molecular weight is 576 g/mol. The van der Waals surface area contributed by atoms with Crippen LogP contribution in [-0.4, -0.2) is 66.4 Å². The number of rotatable bonds is 6. The summed E-state index contributed by atoms with van der Waals surface area (Å²) in [5.74, 6) is 0.986. The first-order chi connectivity index (χ1) is 18.4. The normalized spacial score (nSPS) is 17.3. The molecule has 0 N–H and O–H groups in total. The fourth-order valence-electron chi connectivity index (χ4n) is 4.68. The SMILES string of the molecule is COC(=O)[C@@H]1C[C@H](Cc2ncc3cc(-c4c(Cl)c(OC)cc(OC)c4Cl)ccc3n2)CN1C(=O)OC(C)(C)C. The van der Waals surface area contributed by atoms with E-state index in [4.69, 9.17) is 47.1 Å². The van der Waals surface area contributed by atoms with Gasteiger partial charge >= 0.3 is 12.1 Å². The molecule has 1 saturated heterocycles. The fourth-order valence-corrected chi connectivity index (χ4v) is 5.39. The van der Waals surface area contributed by atoms with Gasteiger partial charge < -0.3 is 18.9 Å². The zero-order valence-electron chi connectivity index (χ0n) is 22.7. The second-order valence-electron chi connectivity index (χ2n) is 10.3. The molecule has 208 valence electrons. The lowest BCUT2D eigenvalue weighted by atomic mass is 10.0. The topological polar surface area (TPSA) is 100 Å². The maximum Gasteiger partial charge on any atom is 0.411 e.